The lowest BCUT2D eigenvalue weighted by atomic mass is 9.90. The Labute approximate surface area is 285 Å². The number of nitrogens with one attached hydrogen (secondary N) is 1. The fourth-order valence-corrected chi connectivity index (χ4v) is 7.25. The van der Waals surface area contributed by atoms with Crippen LogP contribution in [0.15, 0.2) is 66.7 Å². The number of thiazole rings is 1. The quantitative estimate of drug-likeness (QED) is 0.173. The van der Waals surface area contributed by atoms with Crippen LogP contribution < -0.4 is 14.8 Å². The van der Waals surface area contributed by atoms with Crippen molar-refractivity contribution < 1.29 is 14.2 Å². The molecule has 2 aliphatic heterocycles. The van der Waals surface area contributed by atoms with Crippen molar-refractivity contribution in [2.45, 2.75) is 76.4 Å². The lowest BCUT2D eigenvalue weighted by molar-refractivity contribution is 0.106. The molecule has 1 N–H and O–H groups in total. The minimum Gasteiger partial charge on any atom is -0.494 e. The number of aromatic nitrogens is 9. The van der Waals surface area contributed by atoms with Gasteiger partial charge in [0.15, 0.2) is 0 Å². The maximum atomic E-state index is 6.46. The lowest BCUT2D eigenvalue weighted by Crippen LogP contribution is -2.41. The predicted octanol–water partition coefficient (Wildman–Crippen LogP) is 5.66. The van der Waals surface area contributed by atoms with Gasteiger partial charge in [0.2, 0.25) is 5.95 Å². The van der Waals surface area contributed by atoms with Gasteiger partial charge in [-0.05, 0) is 60.7 Å². The van der Waals surface area contributed by atoms with E-state index in [0.717, 1.165) is 60.6 Å². The summed E-state index contributed by atoms with van der Waals surface area (Å²) < 4.78 is 21.6. The van der Waals surface area contributed by atoms with Crippen LogP contribution in [0.5, 0.6) is 11.6 Å². The zero-order chi connectivity index (χ0) is 32.5. The first kappa shape index (κ1) is 30.6. The highest BCUT2D eigenvalue weighted by Gasteiger charge is 2.38. The summed E-state index contributed by atoms with van der Waals surface area (Å²) in [7, 11) is 0. The molecule has 2 bridgehead atoms. The Morgan fingerprint density at radius 1 is 1.08 bits per heavy atom. The van der Waals surface area contributed by atoms with Crippen molar-refractivity contribution in [2.24, 2.45) is 0 Å². The molecule has 8 rings (SSSR count). The van der Waals surface area contributed by atoms with Gasteiger partial charge < -0.3 is 24.4 Å². The van der Waals surface area contributed by atoms with E-state index in [0.29, 0.717) is 53.5 Å². The maximum Gasteiger partial charge on any atom is 0.257 e. The molecule has 0 unspecified atom stereocenters. The molecule has 0 radical (unpaired) electrons. The van der Waals surface area contributed by atoms with Crippen molar-refractivity contribution in [3.63, 3.8) is 0 Å². The summed E-state index contributed by atoms with van der Waals surface area (Å²) >= 11 is 8.01. The van der Waals surface area contributed by atoms with Gasteiger partial charge in [0, 0.05) is 48.2 Å². The number of benzene rings is 1. The zero-order valence-electron chi connectivity index (χ0n) is 26.2. The summed E-state index contributed by atoms with van der Waals surface area (Å²) in [6.07, 6.45) is 16.2. The molecule has 14 nitrogen and oxygen atoms in total. The average molecular weight is 688 g/mol. The summed E-state index contributed by atoms with van der Waals surface area (Å²) in [5, 5.41) is 22.8. The van der Waals surface area contributed by atoms with Crippen LogP contribution >= 0.6 is 22.9 Å². The second kappa shape index (κ2) is 13.4. The number of tetrazole rings is 1. The van der Waals surface area contributed by atoms with Crippen molar-refractivity contribution in [1.82, 2.24) is 49.8 Å². The molecule has 6 heterocycles. The van der Waals surface area contributed by atoms with Gasteiger partial charge in [-0.25, -0.2) is 19.6 Å². The molecule has 2 atom stereocenters. The first-order valence-electron chi connectivity index (χ1n) is 16.0. The number of hydrogen-bond donors (Lipinski definition) is 1. The largest absolute Gasteiger partial charge is 0.494 e. The van der Waals surface area contributed by atoms with Crippen molar-refractivity contribution in [2.75, 3.05) is 11.9 Å². The molecule has 2 fully saturated rings. The highest BCUT2D eigenvalue weighted by molar-refractivity contribution is 7.09. The normalized spacial score (nSPS) is 20.8. The monoisotopic (exact) mass is 687 g/mol. The highest BCUT2D eigenvalue weighted by Crippen LogP contribution is 2.39. The number of anilines is 2. The predicted molar refractivity (Wildman–Crippen MR) is 178 cm³/mol. The van der Waals surface area contributed by atoms with Crippen LogP contribution in [0.4, 0.5) is 11.6 Å². The van der Waals surface area contributed by atoms with E-state index < -0.39 is 0 Å². The Bertz CT molecular complexity index is 1860. The van der Waals surface area contributed by atoms with E-state index in [1.807, 2.05) is 35.3 Å². The number of nitrogens with zero attached hydrogens (tertiary/aromatic N) is 10. The van der Waals surface area contributed by atoms with Gasteiger partial charge in [-0.1, -0.05) is 17.7 Å². The molecule has 5 aromatic rings. The molecular formula is C32H34ClN11O3S. The summed E-state index contributed by atoms with van der Waals surface area (Å²) in [6, 6.07) is 6.94. The number of ether oxygens (including phenoxy) is 3. The van der Waals surface area contributed by atoms with E-state index in [2.05, 4.69) is 46.9 Å². The van der Waals surface area contributed by atoms with Gasteiger partial charge in [-0.15, -0.1) is 21.5 Å². The number of halogens is 1. The molecule has 1 saturated carbocycles. The Kier molecular flexibility index (Phi) is 8.53. The Balaban J connectivity index is 0.954. The SMILES string of the molecule is C[C@@H](Cn1cnnn1)Oc1cc(-c2cnc(Nc3cn(C4CCC(N5C=C6C[C@@H]5CO6)CC4)nc3OCc3nccs3)nc2)ccc1Cl. The fourth-order valence-electron chi connectivity index (χ4n) is 6.56. The summed E-state index contributed by atoms with van der Waals surface area (Å²) in [5.74, 6) is 2.62. The zero-order valence-corrected chi connectivity index (χ0v) is 27.8. The molecule has 0 amide bonds. The van der Waals surface area contributed by atoms with Crippen molar-refractivity contribution in [3.8, 4) is 22.8 Å². The number of fused-ring (bicyclic) bond motifs is 2. The first-order chi connectivity index (χ1) is 23.5. The molecular weight excluding hydrogens is 654 g/mol. The van der Waals surface area contributed by atoms with E-state index >= 15 is 0 Å². The summed E-state index contributed by atoms with van der Waals surface area (Å²) in [4.78, 5) is 16.1. The Hall–Kier alpha value is -4.76. The number of rotatable bonds is 12. The van der Waals surface area contributed by atoms with Gasteiger partial charge in [-0.2, -0.15) is 0 Å². The molecule has 1 saturated heterocycles. The highest BCUT2D eigenvalue weighted by atomic mass is 35.5. The van der Waals surface area contributed by atoms with Crippen LogP contribution in [0.3, 0.4) is 0 Å². The second-order valence-electron chi connectivity index (χ2n) is 12.2. The van der Waals surface area contributed by atoms with Crippen molar-refractivity contribution >= 4 is 34.6 Å². The molecule has 4 aromatic heterocycles. The van der Waals surface area contributed by atoms with Gasteiger partial charge in [0.25, 0.3) is 5.88 Å². The topological polar surface area (TPSA) is 143 Å². The lowest BCUT2D eigenvalue weighted by Gasteiger charge is -2.38. The van der Waals surface area contributed by atoms with Crippen LogP contribution in [0.25, 0.3) is 11.1 Å². The average Bonchev–Trinajstić information content (AvgIpc) is 3.96. The standard InChI is InChI=1S/C32H34ClN11O3S/c1-20(14-42-19-37-40-41-42)47-29-10-21(2-7-27(29)33)22-12-35-32(36-13-22)38-28-16-44(39-31(28)46-18-30-34-8-9-48-30)24-5-3-23(4-6-24)43-15-26-11-25(43)17-45-26/h2,7-10,12-13,15-16,19-20,23-25H,3-6,11,14,17-18H2,1H3,(H,35,36,38)/t20-,23?,24?,25+/m0/s1. The third-order valence-corrected chi connectivity index (χ3v) is 9.98. The van der Waals surface area contributed by atoms with Gasteiger partial charge in [0.1, 0.15) is 47.8 Å². The second-order valence-corrected chi connectivity index (χ2v) is 13.6. The van der Waals surface area contributed by atoms with E-state index in [9.17, 15) is 0 Å². The molecule has 1 aliphatic carbocycles. The van der Waals surface area contributed by atoms with E-state index in [1.54, 1.807) is 47.0 Å². The van der Waals surface area contributed by atoms with Crippen LogP contribution in [-0.2, 0) is 17.9 Å². The molecule has 0 spiro atoms. The molecule has 16 heteroatoms. The van der Waals surface area contributed by atoms with E-state index in [-0.39, 0.29) is 12.1 Å². The van der Waals surface area contributed by atoms with Crippen LogP contribution in [0.2, 0.25) is 5.02 Å². The van der Waals surface area contributed by atoms with Crippen LogP contribution in [0.1, 0.15) is 50.1 Å². The van der Waals surface area contributed by atoms with Gasteiger partial charge in [-0.3, -0.25) is 4.68 Å². The first-order valence-corrected chi connectivity index (χ1v) is 17.3. The molecule has 3 aliphatic rings. The van der Waals surface area contributed by atoms with Gasteiger partial charge >= 0.3 is 0 Å². The van der Waals surface area contributed by atoms with Gasteiger partial charge in [0.05, 0.1) is 29.8 Å². The van der Waals surface area contributed by atoms with E-state index in [1.165, 1.54) is 0 Å². The minimum atomic E-state index is -0.208. The summed E-state index contributed by atoms with van der Waals surface area (Å²) in [6.45, 7) is 3.57. The maximum absolute atomic E-state index is 6.46. The van der Waals surface area contributed by atoms with Crippen LogP contribution in [-0.4, -0.2) is 74.6 Å². The third kappa shape index (κ3) is 6.65. The van der Waals surface area contributed by atoms with Crippen molar-refractivity contribution in [1.29, 1.82) is 0 Å². The van der Waals surface area contributed by atoms with Crippen molar-refractivity contribution in [3.05, 3.63) is 76.7 Å². The minimum absolute atomic E-state index is 0.208. The molecule has 48 heavy (non-hydrogen) atoms. The molecule has 1 aromatic carbocycles. The Morgan fingerprint density at radius 3 is 2.67 bits per heavy atom. The van der Waals surface area contributed by atoms with Crippen LogP contribution in [0, 0.1) is 0 Å². The fraction of sp³-hybridized carbons (Fsp3) is 0.406. The third-order valence-electron chi connectivity index (χ3n) is 8.92. The Morgan fingerprint density at radius 2 is 1.94 bits per heavy atom. The summed E-state index contributed by atoms with van der Waals surface area (Å²) in [5.41, 5.74) is 2.40. The number of hydrogen-bond acceptors (Lipinski definition) is 13. The molecule has 248 valence electrons. The smallest absolute Gasteiger partial charge is 0.257 e. The van der Waals surface area contributed by atoms with E-state index in [4.69, 9.17) is 30.9 Å².